The Morgan fingerprint density at radius 1 is 1.02 bits per heavy atom. The lowest BCUT2D eigenvalue weighted by atomic mass is 9.96. The van der Waals surface area contributed by atoms with Gasteiger partial charge in [-0.2, -0.15) is 0 Å². The number of benzene rings is 2. The number of rotatable bonds is 8. The van der Waals surface area contributed by atoms with Gasteiger partial charge in [-0.05, 0) is 81.9 Å². The predicted molar refractivity (Wildman–Crippen MR) is 188 cm³/mol. The Kier molecular flexibility index (Phi) is 8.66. The molecule has 4 amide bonds. The maximum atomic E-state index is 15.2. The summed E-state index contributed by atoms with van der Waals surface area (Å²) in [5.74, 6) is -1.23. The number of piperidine rings is 2. The molecule has 8 rings (SSSR count). The van der Waals surface area contributed by atoms with Crippen LogP contribution in [0.5, 0.6) is 5.75 Å². The van der Waals surface area contributed by atoms with Gasteiger partial charge in [0.25, 0.3) is 11.8 Å². The first-order valence-electron chi connectivity index (χ1n) is 17.7. The fourth-order valence-corrected chi connectivity index (χ4v) is 7.97. The standard InChI is InChI=1S/C38H40FN7O5/c1-44-13-3-6-32(44)30-16-23-19-40-34(18-29(23)41-30)42-36(48)26-8-7-24(17-28(26)39)51-21-22-11-14-45(15-12-22)31-5-2-4-25-27(31)20-46(38(25)50)33-9-10-35(47)43-37(33)49/h2,4-5,7-8,16-19,22,32-33,41H,3,6,9-15,20-21H2,1H3,(H,40,42,48)(H,43,47,49)/t32-,33?/m1/s1. The molecule has 0 spiro atoms. The van der Waals surface area contributed by atoms with Crippen molar-refractivity contribution in [3.63, 3.8) is 0 Å². The van der Waals surface area contributed by atoms with Crippen LogP contribution in [0.3, 0.4) is 0 Å². The second-order valence-electron chi connectivity index (χ2n) is 14.1. The van der Waals surface area contributed by atoms with Crippen LogP contribution in [-0.2, 0) is 16.1 Å². The van der Waals surface area contributed by atoms with Crippen molar-refractivity contribution in [1.29, 1.82) is 0 Å². The molecule has 2 aromatic heterocycles. The number of halogens is 1. The molecule has 13 heteroatoms. The number of anilines is 2. The molecule has 12 nitrogen and oxygen atoms in total. The zero-order valence-electron chi connectivity index (χ0n) is 28.4. The SMILES string of the molecule is CN1CCC[C@@H]1c1cc2cnc(NC(=O)c3ccc(OCC4CCN(c5cccc6c5CN(C5CCC(=O)NC5=O)C6=O)CC4)cc3F)cc2[nH]1. The Balaban J connectivity index is 0.847. The summed E-state index contributed by atoms with van der Waals surface area (Å²) in [5.41, 5.74) is 4.38. The Morgan fingerprint density at radius 3 is 2.63 bits per heavy atom. The van der Waals surface area contributed by atoms with E-state index in [0.29, 0.717) is 42.7 Å². The van der Waals surface area contributed by atoms with Crippen molar-refractivity contribution in [2.24, 2.45) is 5.92 Å². The number of likely N-dealkylation sites (tertiary alicyclic amines) is 1. The Morgan fingerprint density at radius 2 is 1.86 bits per heavy atom. The highest BCUT2D eigenvalue weighted by molar-refractivity contribution is 6.06. The first-order chi connectivity index (χ1) is 24.7. The molecule has 2 atom stereocenters. The van der Waals surface area contributed by atoms with Crippen LogP contribution in [-0.4, -0.2) is 82.7 Å². The first kappa shape index (κ1) is 32.9. The number of H-pyrrole nitrogens is 1. The van der Waals surface area contributed by atoms with Gasteiger partial charge in [0.05, 0.1) is 17.7 Å². The summed E-state index contributed by atoms with van der Waals surface area (Å²) in [7, 11) is 2.12. The third kappa shape index (κ3) is 6.42. The van der Waals surface area contributed by atoms with E-state index in [1.165, 1.54) is 12.1 Å². The van der Waals surface area contributed by atoms with E-state index < -0.39 is 23.7 Å². The third-order valence-electron chi connectivity index (χ3n) is 10.8. The van der Waals surface area contributed by atoms with Crippen LogP contribution >= 0.6 is 0 Å². The molecule has 4 aliphatic heterocycles. The molecule has 264 valence electrons. The number of fused-ring (bicyclic) bond motifs is 2. The average Bonchev–Trinajstić information content (AvgIpc) is 3.84. The van der Waals surface area contributed by atoms with Gasteiger partial charge in [-0.15, -0.1) is 0 Å². The van der Waals surface area contributed by atoms with Crippen molar-refractivity contribution in [2.75, 3.05) is 43.5 Å². The van der Waals surface area contributed by atoms with E-state index in [1.54, 1.807) is 29.3 Å². The fraction of sp³-hybridized carbons (Fsp3) is 0.395. The summed E-state index contributed by atoms with van der Waals surface area (Å²) in [5, 5.41) is 6.04. The maximum absolute atomic E-state index is 15.2. The molecule has 4 aliphatic rings. The summed E-state index contributed by atoms with van der Waals surface area (Å²) in [6, 6.07) is 13.5. The molecule has 6 heterocycles. The van der Waals surface area contributed by atoms with Gasteiger partial charge in [-0.1, -0.05) is 6.07 Å². The van der Waals surface area contributed by atoms with Crippen LogP contribution in [0.25, 0.3) is 10.9 Å². The number of hydrogen-bond acceptors (Lipinski definition) is 8. The minimum Gasteiger partial charge on any atom is -0.493 e. The van der Waals surface area contributed by atoms with Crippen molar-refractivity contribution in [2.45, 2.75) is 57.2 Å². The van der Waals surface area contributed by atoms with Crippen LogP contribution in [0.15, 0.2) is 54.7 Å². The van der Waals surface area contributed by atoms with Crippen LogP contribution < -0.4 is 20.3 Å². The summed E-state index contributed by atoms with van der Waals surface area (Å²) in [6.45, 7) is 3.31. The number of ether oxygens (including phenoxy) is 1. The quantitative estimate of drug-likeness (QED) is 0.224. The largest absolute Gasteiger partial charge is 0.493 e. The second kappa shape index (κ2) is 13.4. The summed E-state index contributed by atoms with van der Waals surface area (Å²) >= 11 is 0. The van der Waals surface area contributed by atoms with E-state index in [2.05, 4.69) is 43.5 Å². The molecular formula is C38H40FN7O5. The minimum atomic E-state index is -0.675. The molecule has 0 aliphatic carbocycles. The van der Waals surface area contributed by atoms with Gasteiger partial charge in [0.1, 0.15) is 23.4 Å². The number of carbonyl (C=O) groups is 4. The number of nitrogens with zero attached hydrogens (tertiary/aromatic N) is 4. The number of imide groups is 1. The third-order valence-corrected chi connectivity index (χ3v) is 10.8. The van der Waals surface area contributed by atoms with Gasteiger partial charge in [-0.25, -0.2) is 9.37 Å². The lowest BCUT2D eigenvalue weighted by Crippen LogP contribution is -2.52. The number of hydrogen-bond donors (Lipinski definition) is 3. The van der Waals surface area contributed by atoms with Crippen LogP contribution in [0.4, 0.5) is 15.9 Å². The Hall–Kier alpha value is -5.30. The normalized spacial score (nSPS) is 21.3. The molecule has 2 aromatic carbocycles. The predicted octanol–water partition coefficient (Wildman–Crippen LogP) is 4.78. The van der Waals surface area contributed by atoms with Gasteiger partial charge >= 0.3 is 0 Å². The van der Waals surface area contributed by atoms with Crippen molar-refractivity contribution in [1.82, 2.24) is 25.1 Å². The molecule has 3 fully saturated rings. The van der Waals surface area contributed by atoms with Crippen LogP contribution in [0.1, 0.15) is 76.5 Å². The van der Waals surface area contributed by atoms with E-state index in [9.17, 15) is 19.2 Å². The van der Waals surface area contributed by atoms with Crippen molar-refractivity contribution >= 4 is 46.0 Å². The van der Waals surface area contributed by atoms with E-state index in [1.807, 2.05) is 12.1 Å². The van der Waals surface area contributed by atoms with Gasteiger partial charge in [0.2, 0.25) is 11.8 Å². The monoisotopic (exact) mass is 693 g/mol. The van der Waals surface area contributed by atoms with Crippen LogP contribution in [0, 0.1) is 11.7 Å². The summed E-state index contributed by atoms with van der Waals surface area (Å²) in [6.07, 6.45) is 6.18. The fourth-order valence-electron chi connectivity index (χ4n) is 7.97. The van der Waals surface area contributed by atoms with Crippen molar-refractivity contribution < 1.29 is 28.3 Å². The number of pyridine rings is 1. The topological polar surface area (TPSA) is 140 Å². The molecule has 3 N–H and O–H groups in total. The van der Waals surface area contributed by atoms with E-state index >= 15 is 4.39 Å². The molecule has 3 saturated heterocycles. The van der Waals surface area contributed by atoms with Crippen molar-refractivity contribution in [3.8, 4) is 5.75 Å². The highest BCUT2D eigenvalue weighted by Crippen LogP contribution is 2.36. The van der Waals surface area contributed by atoms with Crippen LogP contribution in [0.2, 0.25) is 0 Å². The van der Waals surface area contributed by atoms with Crippen molar-refractivity contribution in [3.05, 3.63) is 82.9 Å². The van der Waals surface area contributed by atoms with E-state index in [0.717, 1.165) is 73.2 Å². The number of amides is 4. The van der Waals surface area contributed by atoms with E-state index in [4.69, 9.17) is 4.74 Å². The molecule has 0 bridgehead atoms. The molecule has 4 aromatic rings. The number of nitrogens with one attached hydrogen (secondary N) is 3. The highest BCUT2D eigenvalue weighted by atomic mass is 19.1. The number of aromatic nitrogens is 2. The first-order valence-corrected chi connectivity index (χ1v) is 17.7. The zero-order valence-corrected chi connectivity index (χ0v) is 28.4. The molecule has 0 radical (unpaired) electrons. The summed E-state index contributed by atoms with van der Waals surface area (Å²) in [4.78, 5) is 64.4. The molecule has 0 saturated carbocycles. The Bertz CT molecular complexity index is 2040. The maximum Gasteiger partial charge on any atom is 0.259 e. The highest BCUT2D eigenvalue weighted by Gasteiger charge is 2.40. The van der Waals surface area contributed by atoms with Gasteiger partial charge in [-0.3, -0.25) is 29.4 Å². The minimum absolute atomic E-state index is 0.0950. The lowest BCUT2D eigenvalue weighted by Gasteiger charge is -2.35. The average molecular weight is 694 g/mol. The molecule has 1 unspecified atom stereocenters. The second-order valence-corrected chi connectivity index (χ2v) is 14.1. The summed E-state index contributed by atoms with van der Waals surface area (Å²) < 4.78 is 21.1. The lowest BCUT2D eigenvalue weighted by molar-refractivity contribution is -0.136. The number of carbonyl (C=O) groups excluding carboxylic acids is 4. The van der Waals surface area contributed by atoms with Gasteiger partial charge < -0.3 is 24.8 Å². The Labute approximate surface area is 294 Å². The molecule has 51 heavy (non-hydrogen) atoms. The van der Waals surface area contributed by atoms with Gasteiger partial charge in [0.15, 0.2) is 0 Å². The number of aromatic amines is 1. The van der Waals surface area contributed by atoms with Gasteiger partial charge in [0, 0.05) is 78.3 Å². The molecular weight excluding hydrogens is 653 g/mol. The smallest absolute Gasteiger partial charge is 0.259 e. The van der Waals surface area contributed by atoms with E-state index in [-0.39, 0.29) is 29.7 Å². The zero-order chi connectivity index (χ0) is 35.2.